The smallest absolute Gasteiger partial charge is 0.270 e. The maximum atomic E-state index is 12.2. The van der Waals surface area contributed by atoms with Crippen LogP contribution in [0.25, 0.3) is 0 Å². The van der Waals surface area contributed by atoms with Gasteiger partial charge in [0, 0.05) is 23.4 Å². The van der Waals surface area contributed by atoms with Gasteiger partial charge in [-0.1, -0.05) is 35.0 Å². The lowest BCUT2D eigenvalue weighted by molar-refractivity contribution is -0.384. The van der Waals surface area contributed by atoms with Crippen molar-refractivity contribution in [3.05, 3.63) is 39.9 Å². The van der Waals surface area contributed by atoms with Gasteiger partial charge >= 0.3 is 0 Å². The molecule has 1 aromatic rings. The van der Waals surface area contributed by atoms with Crippen molar-refractivity contribution in [3.63, 3.8) is 0 Å². The third-order valence-electron chi connectivity index (χ3n) is 2.69. The van der Waals surface area contributed by atoms with Crippen LogP contribution in [0.3, 0.4) is 0 Å². The number of rotatable bonds is 5. The number of non-ortho nitro benzene ring substituents is 1. The molecular formula is C11H12BrNO5S. The van der Waals surface area contributed by atoms with Crippen molar-refractivity contribution in [2.24, 2.45) is 0 Å². The van der Waals surface area contributed by atoms with Gasteiger partial charge in [0.15, 0.2) is 19.3 Å². The zero-order valence-corrected chi connectivity index (χ0v) is 12.7. The lowest BCUT2D eigenvalue weighted by Gasteiger charge is -2.20. The van der Waals surface area contributed by atoms with Gasteiger partial charge in [-0.05, 0) is 6.92 Å². The largest absolute Gasteiger partial charge is 0.291 e. The van der Waals surface area contributed by atoms with Crippen molar-refractivity contribution in [2.75, 3.05) is 5.75 Å². The summed E-state index contributed by atoms with van der Waals surface area (Å²) in [5, 5.41) is 10.6. The van der Waals surface area contributed by atoms with E-state index in [0.29, 0.717) is 0 Å². The fourth-order valence-corrected chi connectivity index (χ4v) is 3.29. The quantitative estimate of drug-likeness (QED) is 0.352. The predicted octanol–water partition coefficient (Wildman–Crippen LogP) is 2.32. The molecule has 1 atom stereocenters. The summed E-state index contributed by atoms with van der Waals surface area (Å²) in [6.45, 7) is 2.66. The maximum Gasteiger partial charge on any atom is 0.270 e. The van der Waals surface area contributed by atoms with E-state index in [4.69, 9.17) is 0 Å². The van der Waals surface area contributed by atoms with Crippen LogP contribution in [0.1, 0.15) is 24.2 Å². The van der Waals surface area contributed by atoms with Crippen LogP contribution in [-0.2, 0) is 9.84 Å². The Bertz CT molecular complexity index is 624. The highest BCUT2D eigenvalue weighted by molar-refractivity contribution is 9.12. The molecule has 0 fully saturated rings. The third kappa shape index (κ3) is 3.01. The number of nitrogens with zero attached hydrogens (tertiary/aromatic N) is 1. The van der Waals surface area contributed by atoms with E-state index >= 15 is 0 Å². The number of halogens is 1. The van der Waals surface area contributed by atoms with Crippen LogP contribution >= 0.6 is 15.9 Å². The first kappa shape index (κ1) is 15.8. The van der Waals surface area contributed by atoms with Crippen LogP contribution in [0.2, 0.25) is 0 Å². The van der Waals surface area contributed by atoms with Gasteiger partial charge in [-0.3, -0.25) is 14.9 Å². The lowest BCUT2D eigenvalue weighted by atomic mass is 10.1. The van der Waals surface area contributed by atoms with Crippen LogP contribution in [0.5, 0.6) is 0 Å². The number of alkyl halides is 1. The molecule has 0 bridgehead atoms. The Labute approximate surface area is 119 Å². The van der Waals surface area contributed by atoms with Crippen molar-refractivity contribution < 1.29 is 18.1 Å². The second-order valence-corrected chi connectivity index (χ2v) is 8.69. The highest BCUT2D eigenvalue weighted by Gasteiger charge is 2.43. The van der Waals surface area contributed by atoms with E-state index in [1.165, 1.54) is 32.0 Å². The van der Waals surface area contributed by atoms with Crippen molar-refractivity contribution in [2.45, 2.75) is 17.5 Å². The molecular weight excluding hydrogens is 338 g/mol. The average Bonchev–Trinajstić information content (AvgIpc) is 2.37. The molecule has 0 aliphatic rings. The first-order chi connectivity index (χ1) is 8.63. The van der Waals surface area contributed by atoms with Crippen molar-refractivity contribution >= 4 is 37.2 Å². The maximum absolute atomic E-state index is 12.2. The molecule has 1 unspecified atom stereocenters. The summed E-state index contributed by atoms with van der Waals surface area (Å²) < 4.78 is 21.9. The van der Waals surface area contributed by atoms with E-state index in [2.05, 4.69) is 15.9 Å². The SMILES string of the molecule is CCS(=O)(=O)C(C)(Br)C(=O)c1cccc([N+](=O)[O-])c1. The van der Waals surface area contributed by atoms with Gasteiger partial charge in [-0.15, -0.1) is 0 Å². The number of nitro benzene ring substituents is 1. The number of hydrogen-bond acceptors (Lipinski definition) is 5. The highest BCUT2D eigenvalue weighted by atomic mass is 79.9. The predicted molar refractivity (Wildman–Crippen MR) is 74.2 cm³/mol. The van der Waals surface area contributed by atoms with Crippen molar-refractivity contribution in [1.82, 2.24) is 0 Å². The van der Waals surface area contributed by atoms with Gasteiger partial charge in [-0.25, -0.2) is 8.42 Å². The van der Waals surface area contributed by atoms with Crippen LogP contribution in [-0.4, -0.2) is 28.5 Å². The minimum absolute atomic E-state index is 0.0226. The molecule has 0 aliphatic heterocycles. The second-order valence-electron chi connectivity index (χ2n) is 3.96. The summed E-state index contributed by atoms with van der Waals surface area (Å²) in [6.07, 6.45) is 0. The number of carbonyl (C=O) groups excluding carboxylic acids is 1. The zero-order chi connectivity index (χ0) is 14.8. The molecule has 0 aromatic heterocycles. The van der Waals surface area contributed by atoms with E-state index in [1.54, 1.807) is 0 Å². The molecule has 6 nitrogen and oxygen atoms in total. The van der Waals surface area contributed by atoms with E-state index in [9.17, 15) is 23.3 Å². The van der Waals surface area contributed by atoms with Gasteiger partial charge in [-0.2, -0.15) is 0 Å². The first-order valence-corrected chi connectivity index (χ1v) is 7.78. The number of carbonyl (C=O) groups is 1. The van der Waals surface area contributed by atoms with E-state index in [-0.39, 0.29) is 17.0 Å². The molecule has 0 N–H and O–H groups in total. The van der Waals surface area contributed by atoms with Gasteiger partial charge < -0.3 is 0 Å². The molecule has 0 radical (unpaired) electrons. The van der Waals surface area contributed by atoms with Crippen LogP contribution in [0.15, 0.2) is 24.3 Å². The Morgan fingerprint density at radius 2 is 2.05 bits per heavy atom. The summed E-state index contributed by atoms with van der Waals surface area (Å²) in [5.74, 6) is -0.937. The molecule has 0 amide bonds. The molecule has 0 saturated carbocycles. The summed E-state index contributed by atoms with van der Waals surface area (Å²) in [7, 11) is -3.68. The number of sulfone groups is 1. The van der Waals surface area contributed by atoms with E-state index in [0.717, 1.165) is 6.07 Å². The minimum atomic E-state index is -3.68. The Kier molecular flexibility index (Phi) is 4.46. The molecule has 0 saturated heterocycles. The Hall–Kier alpha value is -1.28. The van der Waals surface area contributed by atoms with E-state index < -0.39 is 24.2 Å². The Morgan fingerprint density at radius 1 is 1.47 bits per heavy atom. The molecule has 8 heteroatoms. The lowest BCUT2D eigenvalue weighted by Crippen LogP contribution is -2.38. The fourth-order valence-electron chi connectivity index (χ4n) is 1.43. The molecule has 0 spiro atoms. The van der Waals surface area contributed by atoms with Gasteiger partial charge in [0.2, 0.25) is 0 Å². The zero-order valence-electron chi connectivity index (χ0n) is 10.3. The third-order valence-corrected chi connectivity index (χ3v) is 6.64. The summed E-state index contributed by atoms with van der Waals surface area (Å²) in [5.41, 5.74) is -0.284. The summed E-state index contributed by atoms with van der Waals surface area (Å²) in [4.78, 5) is 22.2. The van der Waals surface area contributed by atoms with Crippen LogP contribution in [0.4, 0.5) is 5.69 Å². The highest BCUT2D eigenvalue weighted by Crippen LogP contribution is 2.31. The van der Waals surface area contributed by atoms with Gasteiger partial charge in [0.25, 0.3) is 5.69 Å². The number of Topliss-reactive ketones (excluding diaryl/α,β-unsaturated/α-hetero) is 1. The number of benzene rings is 1. The van der Waals surface area contributed by atoms with Gasteiger partial charge in [0.05, 0.1) is 4.92 Å². The molecule has 19 heavy (non-hydrogen) atoms. The monoisotopic (exact) mass is 349 g/mol. The topological polar surface area (TPSA) is 94.3 Å². The van der Waals surface area contributed by atoms with Crippen molar-refractivity contribution in [3.8, 4) is 0 Å². The molecule has 0 aliphatic carbocycles. The summed E-state index contributed by atoms with van der Waals surface area (Å²) in [6, 6.07) is 4.98. The molecule has 1 aromatic carbocycles. The number of hydrogen-bond donors (Lipinski definition) is 0. The molecule has 104 valence electrons. The van der Waals surface area contributed by atoms with Crippen LogP contribution in [0, 0.1) is 10.1 Å². The molecule has 0 heterocycles. The number of ketones is 1. The fraction of sp³-hybridized carbons (Fsp3) is 0.364. The Balaban J connectivity index is 3.28. The summed E-state index contributed by atoms with van der Waals surface area (Å²) >= 11 is 2.92. The standard InChI is InChI=1S/C11H12BrNO5S/c1-3-19(17,18)11(2,12)10(14)8-5-4-6-9(7-8)13(15)16/h4-7H,3H2,1-2H3. The van der Waals surface area contributed by atoms with E-state index in [1.807, 2.05) is 0 Å². The minimum Gasteiger partial charge on any atom is -0.291 e. The average molecular weight is 350 g/mol. The number of nitro groups is 1. The second kappa shape index (κ2) is 5.38. The van der Waals surface area contributed by atoms with Crippen molar-refractivity contribution in [1.29, 1.82) is 0 Å². The first-order valence-electron chi connectivity index (χ1n) is 5.34. The Morgan fingerprint density at radius 3 is 2.53 bits per heavy atom. The molecule has 1 rings (SSSR count). The van der Waals surface area contributed by atoms with Gasteiger partial charge in [0.1, 0.15) is 0 Å². The van der Waals surface area contributed by atoms with Crippen LogP contribution < -0.4 is 0 Å². The normalized spacial score (nSPS) is 14.7.